The van der Waals surface area contributed by atoms with E-state index in [0.717, 1.165) is 12.1 Å². The molecule has 1 aromatic carbocycles. The van der Waals surface area contributed by atoms with E-state index in [1.165, 1.54) is 4.90 Å². The number of amides is 4. The van der Waals surface area contributed by atoms with Crippen molar-refractivity contribution in [2.45, 2.75) is 45.3 Å². The van der Waals surface area contributed by atoms with E-state index in [1.807, 2.05) is 4.90 Å². The van der Waals surface area contributed by atoms with Gasteiger partial charge in [0, 0.05) is 49.8 Å². The minimum absolute atomic E-state index is 0.0767. The molecule has 3 aliphatic rings. The second-order valence-electron chi connectivity index (χ2n) is 8.33. The normalized spacial score (nSPS) is 24.7. The van der Waals surface area contributed by atoms with Crippen molar-refractivity contribution < 1.29 is 19.2 Å². The van der Waals surface area contributed by atoms with Gasteiger partial charge < -0.3 is 15.1 Å². The molecule has 0 radical (unpaired) electrons. The molecular formula is C21H26N4O4. The third-order valence-corrected chi connectivity index (χ3v) is 6.07. The first-order chi connectivity index (χ1) is 13.8. The maximum absolute atomic E-state index is 13.0. The molecule has 29 heavy (non-hydrogen) atoms. The third kappa shape index (κ3) is 3.64. The quantitative estimate of drug-likeness (QED) is 0.724. The van der Waals surface area contributed by atoms with Gasteiger partial charge in [-0.3, -0.25) is 24.5 Å². The standard InChI is InChI=1S/C21H26N4O4/c1-12(2)16-11-24(8-7-22-16)20(28)13-3-4-14-10-25(21(29)15(14)9-13)17-5-6-18(26)23-19(17)27/h3-4,9,12,16-17,22H,5-8,10-11H2,1-2H3,(H,23,26,27)/t16-,17?/m1/s1. The monoisotopic (exact) mass is 398 g/mol. The Kier molecular flexibility index (Phi) is 5.12. The van der Waals surface area contributed by atoms with Crippen molar-refractivity contribution in [1.29, 1.82) is 0 Å². The molecule has 3 aliphatic heterocycles. The van der Waals surface area contributed by atoms with Gasteiger partial charge in [-0.25, -0.2) is 0 Å². The van der Waals surface area contributed by atoms with E-state index in [9.17, 15) is 19.2 Å². The summed E-state index contributed by atoms with van der Waals surface area (Å²) < 4.78 is 0. The summed E-state index contributed by atoms with van der Waals surface area (Å²) in [6.07, 6.45) is 0.549. The van der Waals surface area contributed by atoms with Gasteiger partial charge in [-0.2, -0.15) is 0 Å². The molecule has 2 saturated heterocycles. The van der Waals surface area contributed by atoms with Crippen LogP contribution >= 0.6 is 0 Å². The maximum atomic E-state index is 13.0. The van der Waals surface area contributed by atoms with Gasteiger partial charge in [0.25, 0.3) is 11.8 Å². The molecule has 1 unspecified atom stereocenters. The largest absolute Gasteiger partial charge is 0.336 e. The van der Waals surface area contributed by atoms with Crippen LogP contribution in [-0.2, 0) is 16.1 Å². The highest BCUT2D eigenvalue weighted by atomic mass is 16.2. The van der Waals surface area contributed by atoms with Gasteiger partial charge in [0.1, 0.15) is 6.04 Å². The summed E-state index contributed by atoms with van der Waals surface area (Å²) in [6.45, 7) is 6.60. The van der Waals surface area contributed by atoms with Crippen LogP contribution in [0.5, 0.6) is 0 Å². The zero-order valence-electron chi connectivity index (χ0n) is 16.7. The minimum atomic E-state index is -0.647. The van der Waals surface area contributed by atoms with Crippen molar-refractivity contribution in [3.8, 4) is 0 Å². The Morgan fingerprint density at radius 2 is 2.00 bits per heavy atom. The molecular weight excluding hydrogens is 372 g/mol. The molecule has 0 aliphatic carbocycles. The van der Waals surface area contributed by atoms with Gasteiger partial charge >= 0.3 is 0 Å². The van der Waals surface area contributed by atoms with Crippen LogP contribution in [0.25, 0.3) is 0 Å². The summed E-state index contributed by atoms with van der Waals surface area (Å²) in [5, 5.41) is 5.74. The number of nitrogens with one attached hydrogen (secondary N) is 2. The van der Waals surface area contributed by atoms with E-state index in [2.05, 4.69) is 24.5 Å². The van der Waals surface area contributed by atoms with Crippen LogP contribution < -0.4 is 10.6 Å². The van der Waals surface area contributed by atoms with Crippen LogP contribution in [0, 0.1) is 5.92 Å². The van der Waals surface area contributed by atoms with Crippen LogP contribution in [0.3, 0.4) is 0 Å². The Morgan fingerprint density at radius 3 is 2.72 bits per heavy atom. The fraction of sp³-hybridized carbons (Fsp3) is 0.524. The molecule has 0 spiro atoms. The van der Waals surface area contributed by atoms with E-state index in [1.54, 1.807) is 18.2 Å². The van der Waals surface area contributed by atoms with Crippen molar-refractivity contribution in [1.82, 2.24) is 20.4 Å². The fourth-order valence-corrected chi connectivity index (χ4v) is 4.28. The second-order valence-corrected chi connectivity index (χ2v) is 8.33. The number of nitrogens with zero attached hydrogens (tertiary/aromatic N) is 2. The first kappa shape index (κ1) is 19.6. The lowest BCUT2D eigenvalue weighted by Gasteiger charge is -2.35. The lowest BCUT2D eigenvalue weighted by atomic mass is 10.0. The predicted molar refractivity (Wildman–Crippen MR) is 105 cm³/mol. The average molecular weight is 398 g/mol. The van der Waals surface area contributed by atoms with E-state index >= 15 is 0 Å². The predicted octanol–water partition coefficient (Wildman–Crippen LogP) is 0.518. The van der Waals surface area contributed by atoms with Crippen molar-refractivity contribution in [2.75, 3.05) is 19.6 Å². The molecule has 0 bridgehead atoms. The third-order valence-electron chi connectivity index (χ3n) is 6.07. The molecule has 8 nitrogen and oxygen atoms in total. The van der Waals surface area contributed by atoms with Crippen LogP contribution in [-0.4, -0.2) is 65.1 Å². The molecule has 1 aromatic rings. The second kappa shape index (κ2) is 7.59. The van der Waals surface area contributed by atoms with Crippen molar-refractivity contribution in [2.24, 2.45) is 5.92 Å². The molecule has 4 amide bonds. The number of hydrogen-bond donors (Lipinski definition) is 2. The fourth-order valence-electron chi connectivity index (χ4n) is 4.28. The summed E-state index contributed by atoms with van der Waals surface area (Å²) in [5.74, 6) is -0.649. The highest BCUT2D eigenvalue weighted by Crippen LogP contribution is 2.28. The van der Waals surface area contributed by atoms with E-state index in [4.69, 9.17) is 0 Å². The molecule has 4 rings (SSSR count). The number of rotatable bonds is 3. The summed E-state index contributed by atoms with van der Waals surface area (Å²) in [7, 11) is 0. The minimum Gasteiger partial charge on any atom is -0.336 e. The molecule has 0 saturated carbocycles. The summed E-state index contributed by atoms with van der Waals surface area (Å²) in [5.41, 5.74) is 1.76. The van der Waals surface area contributed by atoms with E-state index < -0.39 is 11.9 Å². The maximum Gasteiger partial charge on any atom is 0.255 e. The smallest absolute Gasteiger partial charge is 0.255 e. The first-order valence-electron chi connectivity index (χ1n) is 10.2. The highest BCUT2D eigenvalue weighted by Gasteiger charge is 2.39. The Bertz CT molecular complexity index is 881. The van der Waals surface area contributed by atoms with Gasteiger partial charge in [0.15, 0.2) is 0 Å². The number of benzene rings is 1. The Morgan fingerprint density at radius 1 is 1.21 bits per heavy atom. The molecule has 2 N–H and O–H groups in total. The Balaban J connectivity index is 1.51. The Hall–Kier alpha value is -2.74. The van der Waals surface area contributed by atoms with Gasteiger partial charge in [-0.05, 0) is 30.0 Å². The number of piperazine rings is 1. The Labute approximate surface area is 169 Å². The zero-order chi connectivity index (χ0) is 20.7. The van der Waals surface area contributed by atoms with Gasteiger partial charge in [-0.1, -0.05) is 19.9 Å². The van der Waals surface area contributed by atoms with Crippen molar-refractivity contribution >= 4 is 23.6 Å². The van der Waals surface area contributed by atoms with Gasteiger partial charge in [0.2, 0.25) is 11.8 Å². The molecule has 3 heterocycles. The van der Waals surface area contributed by atoms with E-state index in [-0.39, 0.29) is 30.2 Å². The lowest BCUT2D eigenvalue weighted by Crippen LogP contribution is -2.54. The number of piperidine rings is 1. The number of imide groups is 1. The number of fused-ring (bicyclic) bond motifs is 1. The molecule has 154 valence electrons. The highest BCUT2D eigenvalue weighted by molar-refractivity contribution is 6.06. The molecule has 2 fully saturated rings. The lowest BCUT2D eigenvalue weighted by molar-refractivity contribution is -0.136. The number of hydrogen-bond acceptors (Lipinski definition) is 5. The summed E-state index contributed by atoms with van der Waals surface area (Å²) in [6, 6.07) is 4.82. The van der Waals surface area contributed by atoms with Crippen LogP contribution in [0.4, 0.5) is 0 Å². The van der Waals surface area contributed by atoms with Crippen molar-refractivity contribution in [3.63, 3.8) is 0 Å². The first-order valence-corrected chi connectivity index (χ1v) is 10.2. The molecule has 2 atom stereocenters. The van der Waals surface area contributed by atoms with Crippen LogP contribution in [0.15, 0.2) is 18.2 Å². The summed E-state index contributed by atoms with van der Waals surface area (Å²) in [4.78, 5) is 52.8. The SMILES string of the molecule is CC(C)[C@H]1CN(C(=O)c2ccc3c(c2)C(=O)N(C2CCC(=O)NC2=O)C3)CCN1. The topological polar surface area (TPSA) is 98.8 Å². The molecule has 8 heteroatoms. The molecule has 0 aromatic heterocycles. The average Bonchev–Trinajstić information content (AvgIpc) is 3.03. The summed E-state index contributed by atoms with van der Waals surface area (Å²) >= 11 is 0. The zero-order valence-corrected chi connectivity index (χ0v) is 16.7. The van der Waals surface area contributed by atoms with Gasteiger partial charge in [0.05, 0.1) is 0 Å². The van der Waals surface area contributed by atoms with Crippen LogP contribution in [0.2, 0.25) is 0 Å². The van der Waals surface area contributed by atoms with Gasteiger partial charge in [-0.15, -0.1) is 0 Å². The number of carbonyl (C=O) groups excluding carboxylic acids is 4. The van der Waals surface area contributed by atoms with Crippen LogP contribution in [0.1, 0.15) is 53.0 Å². The number of carbonyl (C=O) groups is 4. The van der Waals surface area contributed by atoms with E-state index in [0.29, 0.717) is 43.1 Å². The van der Waals surface area contributed by atoms with Crippen molar-refractivity contribution in [3.05, 3.63) is 34.9 Å².